The van der Waals surface area contributed by atoms with Crippen molar-refractivity contribution in [3.63, 3.8) is 0 Å². The van der Waals surface area contributed by atoms with Gasteiger partial charge in [0.1, 0.15) is 0 Å². The Kier molecular flexibility index (Phi) is 2.64. The standard InChI is InChI=1S/C9H10N2O4S/c12-11(13)8-2-4-9(5-3-8)16(14,15)10-6-1-7-10/h2-5H,1,6-7H2. The Morgan fingerprint density at radius 1 is 1.19 bits per heavy atom. The third-order valence-electron chi connectivity index (χ3n) is 2.50. The molecule has 0 saturated carbocycles. The van der Waals surface area contributed by atoms with Crippen LogP contribution < -0.4 is 0 Å². The van der Waals surface area contributed by atoms with Gasteiger partial charge in [0, 0.05) is 25.2 Å². The topological polar surface area (TPSA) is 80.5 Å². The van der Waals surface area contributed by atoms with Crippen LogP contribution in [-0.2, 0) is 10.0 Å². The van der Waals surface area contributed by atoms with Crippen molar-refractivity contribution in [1.82, 2.24) is 4.31 Å². The Balaban J connectivity index is 2.31. The maximum atomic E-state index is 11.9. The highest BCUT2D eigenvalue weighted by molar-refractivity contribution is 7.89. The Morgan fingerprint density at radius 2 is 1.75 bits per heavy atom. The summed E-state index contributed by atoms with van der Waals surface area (Å²) in [6.07, 6.45) is 0.867. The second kappa shape index (κ2) is 3.84. The highest BCUT2D eigenvalue weighted by atomic mass is 32.2. The fourth-order valence-corrected chi connectivity index (χ4v) is 2.93. The molecule has 1 aromatic carbocycles. The zero-order chi connectivity index (χ0) is 11.8. The van der Waals surface area contributed by atoms with Crippen molar-refractivity contribution in [3.05, 3.63) is 34.4 Å². The number of nitro groups is 1. The quantitative estimate of drug-likeness (QED) is 0.584. The van der Waals surface area contributed by atoms with Crippen molar-refractivity contribution in [2.75, 3.05) is 13.1 Å². The Labute approximate surface area is 92.7 Å². The van der Waals surface area contributed by atoms with Gasteiger partial charge in [-0.25, -0.2) is 8.42 Å². The largest absolute Gasteiger partial charge is 0.269 e. The van der Waals surface area contributed by atoms with Gasteiger partial charge < -0.3 is 0 Å². The molecule has 0 bridgehead atoms. The zero-order valence-corrected chi connectivity index (χ0v) is 9.18. The summed E-state index contributed by atoms with van der Waals surface area (Å²) in [6, 6.07) is 4.94. The van der Waals surface area contributed by atoms with Gasteiger partial charge in [-0.05, 0) is 18.6 Å². The molecule has 0 radical (unpaired) electrons. The van der Waals surface area contributed by atoms with Crippen molar-refractivity contribution in [2.45, 2.75) is 11.3 Å². The van der Waals surface area contributed by atoms with E-state index < -0.39 is 14.9 Å². The molecule has 7 heteroatoms. The van der Waals surface area contributed by atoms with Crippen molar-refractivity contribution in [2.24, 2.45) is 0 Å². The molecule has 16 heavy (non-hydrogen) atoms. The van der Waals surface area contributed by atoms with Gasteiger partial charge >= 0.3 is 0 Å². The first-order chi connectivity index (χ1) is 7.51. The van der Waals surface area contributed by atoms with E-state index >= 15 is 0 Å². The summed E-state index contributed by atoms with van der Waals surface area (Å²) in [5.41, 5.74) is -0.109. The summed E-state index contributed by atoms with van der Waals surface area (Å²) in [6.45, 7) is 1.05. The molecule has 86 valence electrons. The van der Waals surface area contributed by atoms with Crippen LogP contribution in [0.3, 0.4) is 0 Å². The molecule has 2 rings (SSSR count). The lowest BCUT2D eigenvalue weighted by atomic mass is 10.3. The fourth-order valence-electron chi connectivity index (χ4n) is 1.42. The van der Waals surface area contributed by atoms with Crippen LogP contribution in [0.1, 0.15) is 6.42 Å². The van der Waals surface area contributed by atoms with E-state index in [2.05, 4.69) is 0 Å². The summed E-state index contributed by atoms with van der Waals surface area (Å²) in [4.78, 5) is 9.96. The van der Waals surface area contributed by atoms with Crippen molar-refractivity contribution >= 4 is 15.7 Å². The smallest absolute Gasteiger partial charge is 0.258 e. The highest BCUT2D eigenvalue weighted by Crippen LogP contribution is 2.22. The van der Waals surface area contributed by atoms with Gasteiger partial charge in [0.05, 0.1) is 9.82 Å². The molecule has 0 spiro atoms. The summed E-state index contributed by atoms with van der Waals surface area (Å²) in [7, 11) is -3.43. The third-order valence-corrected chi connectivity index (χ3v) is 4.41. The maximum Gasteiger partial charge on any atom is 0.269 e. The second-order valence-corrected chi connectivity index (χ2v) is 5.45. The number of sulfonamides is 1. The van der Waals surface area contributed by atoms with E-state index in [4.69, 9.17) is 0 Å². The van der Waals surface area contributed by atoms with Gasteiger partial charge in [-0.2, -0.15) is 4.31 Å². The molecule has 0 aromatic heterocycles. The second-order valence-electron chi connectivity index (χ2n) is 3.51. The van der Waals surface area contributed by atoms with Crippen molar-refractivity contribution in [3.8, 4) is 0 Å². The number of benzene rings is 1. The van der Waals surface area contributed by atoms with E-state index in [1.54, 1.807) is 0 Å². The molecule has 0 aliphatic carbocycles. The molecule has 0 N–H and O–H groups in total. The predicted octanol–water partition coefficient (Wildman–Crippen LogP) is 0.989. The number of rotatable bonds is 3. The Hall–Kier alpha value is -1.47. The molecular formula is C9H10N2O4S. The summed E-state index contributed by atoms with van der Waals surface area (Å²) < 4.78 is 25.1. The maximum absolute atomic E-state index is 11.9. The number of hydrogen-bond acceptors (Lipinski definition) is 4. The number of nitrogens with zero attached hydrogens (tertiary/aromatic N) is 2. The normalized spacial score (nSPS) is 16.8. The third kappa shape index (κ3) is 1.79. The van der Waals surface area contributed by atoms with E-state index in [0.717, 1.165) is 6.42 Å². The van der Waals surface area contributed by atoms with Crippen LogP contribution in [0, 0.1) is 10.1 Å². The molecule has 1 aromatic rings. The van der Waals surface area contributed by atoms with Crippen LogP contribution in [0.4, 0.5) is 5.69 Å². The van der Waals surface area contributed by atoms with Gasteiger partial charge in [0.15, 0.2) is 0 Å². The SMILES string of the molecule is O=[N+]([O-])c1ccc(S(=O)(=O)N2CCC2)cc1. The number of nitro benzene ring substituents is 1. The molecule has 6 nitrogen and oxygen atoms in total. The van der Waals surface area contributed by atoms with Crippen LogP contribution in [0.25, 0.3) is 0 Å². The molecule has 0 unspecified atom stereocenters. The molecule has 0 amide bonds. The van der Waals surface area contributed by atoms with Crippen LogP contribution in [0.5, 0.6) is 0 Å². The number of non-ortho nitro benzene ring substituents is 1. The molecule has 1 fully saturated rings. The van der Waals surface area contributed by atoms with Crippen LogP contribution >= 0.6 is 0 Å². The lowest BCUT2D eigenvalue weighted by Crippen LogP contribution is -2.41. The highest BCUT2D eigenvalue weighted by Gasteiger charge is 2.29. The monoisotopic (exact) mass is 242 g/mol. The predicted molar refractivity (Wildman–Crippen MR) is 56.5 cm³/mol. The van der Waals surface area contributed by atoms with E-state index in [0.29, 0.717) is 13.1 Å². The van der Waals surface area contributed by atoms with Gasteiger partial charge in [-0.1, -0.05) is 0 Å². The minimum absolute atomic E-state index is 0.109. The van der Waals surface area contributed by atoms with E-state index in [1.165, 1.54) is 28.6 Å². The molecule has 1 aliphatic rings. The van der Waals surface area contributed by atoms with E-state index in [1.807, 2.05) is 0 Å². The van der Waals surface area contributed by atoms with Crippen molar-refractivity contribution < 1.29 is 13.3 Å². The summed E-state index contributed by atoms with van der Waals surface area (Å²) in [5.74, 6) is 0. The van der Waals surface area contributed by atoms with Crippen LogP contribution in [0.2, 0.25) is 0 Å². The summed E-state index contributed by atoms with van der Waals surface area (Å²) in [5, 5.41) is 10.4. The number of hydrogen-bond donors (Lipinski definition) is 0. The van der Waals surface area contributed by atoms with Crippen molar-refractivity contribution in [1.29, 1.82) is 0 Å². The first-order valence-corrected chi connectivity index (χ1v) is 6.20. The van der Waals surface area contributed by atoms with E-state index in [9.17, 15) is 18.5 Å². The Morgan fingerprint density at radius 3 is 2.12 bits per heavy atom. The molecule has 1 saturated heterocycles. The minimum Gasteiger partial charge on any atom is -0.258 e. The fraction of sp³-hybridized carbons (Fsp3) is 0.333. The minimum atomic E-state index is -3.43. The molecule has 1 heterocycles. The van der Waals surface area contributed by atoms with Gasteiger partial charge in [-0.15, -0.1) is 0 Å². The van der Waals surface area contributed by atoms with Gasteiger partial charge in [0.25, 0.3) is 5.69 Å². The van der Waals surface area contributed by atoms with Crippen LogP contribution in [-0.4, -0.2) is 30.7 Å². The van der Waals surface area contributed by atoms with Crippen LogP contribution in [0.15, 0.2) is 29.2 Å². The molecule has 1 aliphatic heterocycles. The first-order valence-electron chi connectivity index (χ1n) is 4.76. The first kappa shape index (κ1) is 11.0. The average molecular weight is 242 g/mol. The van der Waals surface area contributed by atoms with E-state index in [-0.39, 0.29) is 10.6 Å². The van der Waals surface area contributed by atoms with Gasteiger partial charge in [-0.3, -0.25) is 10.1 Å². The Bertz CT molecular complexity index is 505. The lowest BCUT2D eigenvalue weighted by molar-refractivity contribution is -0.384. The lowest BCUT2D eigenvalue weighted by Gasteiger charge is -2.29. The average Bonchev–Trinajstić information content (AvgIpc) is 2.14. The van der Waals surface area contributed by atoms with Gasteiger partial charge in [0.2, 0.25) is 10.0 Å². The molecule has 0 atom stereocenters. The zero-order valence-electron chi connectivity index (χ0n) is 8.37. The molecular weight excluding hydrogens is 232 g/mol. The summed E-state index contributed by atoms with van der Waals surface area (Å²) >= 11 is 0.